The Bertz CT molecular complexity index is 52.5. The van der Waals surface area contributed by atoms with Crippen molar-refractivity contribution >= 4 is 0 Å². The summed E-state index contributed by atoms with van der Waals surface area (Å²) < 4.78 is 0. The molecule has 0 unspecified atom stereocenters. The lowest BCUT2D eigenvalue weighted by Gasteiger charge is -1.83. The molecule has 44 valence electrons. The fraction of sp³-hybridized carbons (Fsp3) is 0.667. The highest BCUT2D eigenvalue weighted by Crippen LogP contribution is 1.84. The zero-order valence-electron chi connectivity index (χ0n) is 5.07. The third-order valence-electron chi connectivity index (χ3n) is 0.740. The fourth-order valence-electron chi connectivity index (χ4n) is 0.368. The first-order valence-corrected chi connectivity index (χ1v) is 2.74. The van der Waals surface area contributed by atoms with E-state index in [9.17, 15) is 0 Å². The maximum absolute atomic E-state index is 2.92. The molecule has 1 nitrogen and oxygen atoms in total. The molecule has 1 N–H and O–H groups in total. The zero-order chi connectivity index (χ0) is 5.54. The summed E-state index contributed by atoms with van der Waals surface area (Å²) in [4.78, 5) is 0. The van der Waals surface area contributed by atoms with Crippen LogP contribution >= 0.6 is 0 Å². The summed E-state index contributed by atoms with van der Waals surface area (Å²) >= 11 is 0. The molecule has 7 heavy (non-hydrogen) atoms. The van der Waals surface area contributed by atoms with Crippen LogP contribution in [0, 0.1) is 0 Å². The summed E-state index contributed by atoms with van der Waals surface area (Å²) in [7, 11) is 1.91. The van der Waals surface area contributed by atoms with Crippen LogP contribution in [0.25, 0.3) is 0 Å². The molecule has 0 saturated carbocycles. The Kier molecular flexibility index (Phi) is 5.18. The molecule has 0 atom stereocenters. The van der Waals surface area contributed by atoms with E-state index in [-0.39, 0.29) is 1.43 Å². The summed E-state index contributed by atoms with van der Waals surface area (Å²) in [6.07, 6.45) is 6.50. The number of nitrogens with one attached hydrogen (secondary N) is 1. The molecule has 0 saturated heterocycles. The number of hydrogen-bond donors (Lipinski definition) is 1. The summed E-state index contributed by atoms with van der Waals surface area (Å²) in [6, 6.07) is 0. The first kappa shape index (κ1) is 6.54. The quantitative estimate of drug-likeness (QED) is 0.571. The molecule has 0 radical (unpaired) electrons. The van der Waals surface area contributed by atoms with Gasteiger partial charge in [0.05, 0.1) is 0 Å². The van der Waals surface area contributed by atoms with Gasteiger partial charge < -0.3 is 5.32 Å². The summed E-state index contributed by atoms with van der Waals surface area (Å²) in [5, 5.41) is 2.92. The number of hydrogen-bond acceptors (Lipinski definition) is 1. The summed E-state index contributed by atoms with van der Waals surface area (Å²) in [6.45, 7) is 2.17. The summed E-state index contributed by atoms with van der Waals surface area (Å²) in [5.74, 6) is 0. The third-order valence-corrected chi connectivity index (χ3v) is 0.740. The Morgan fingerprint density at radius 3 is 2.86 bits per heavy atom. The Morgan fingerprint density at radius 2 is 2.43 bits per heavy atom. The smallest absolute Gasteiger partial charge is 0.00276 e. The van der Waals surface area contributed by atoms with Crippen molar-refractivity contribution < 1.29 is 1.43 Å². The molecule has 0 aromatic carbocycles. The molecule has 0 amide bonds. The predicted molar refractivity (Wildman–Crippen MR) is 35.2 cm³/mol. The standard InChI is InChI=1S/C6H13N.H2/c1-3-4-5-6-7-2;/h5-7H,3-4H2,1-2H3;1H/b6-5-;. The van der Waals surface area contributed by atoms with Gasteiger partial charge in [-0.1, -0.05) is 19.4 Å². The van der Waals surface area contributed by atoms with Crippen molar-refractivity contribution in [2.24, 2.45) is 0 Å². The van der Waals surface area contributed by atoms with E-state index in [0.717, 1.165) is 0 Å². The average molecular weight is 101 g/mol. The summed E-state index contributed by atoms with van der Waals surface area (Å²) in [5.41, 5.74) is 0. The van der Waals surface area contributed by atoms with E-state index >= 15 is 0 Å². The maximum atomic E-state index is 2.92. The van der Waals surface area contributed by atoms with Crippen molar-refractivity contribution in [1.82, 2.24) is 5.32 Å². The zero-order valence-corrected chi connectivity index (χ0v) is 5.07. The van der Waals surface area contributed by atoms with Gasteiger partial charge in [0, 0.05) is 8.47 Å². The van der Waals surface area contributed by atoms with E-state index in [1.54, 1.807) is 0 Å². The van der Waals surface area contributed by atoms with E-state index in [1.807, 2.05) is 13.2 Å². The van der Waals surface area contributed by atoms with Gasteiger partial charge in [0.15, 0.2) is 0 Å². The number of allylic oxidation sites excluding steroid dienone is 1. The molecular weight excluding hydrogens is 86.1 g/mol. The third kappa shape index (κ3) is 5.54. The topological polar surface area (TPSA) is 12.0 Å². The number of unbranched alkanes of at least 4 members (excludes halogenated alkanes) is 1. The van der Waals surface area contributed by atoms with Crippen LogP contribution in [0.15, 0.2) is 12.3 Å². The van der Waals surface area contributed by atoms with Crippen molar-refractivity contribution in [3.8, 4) is 0 Å². The van der Waals surface area contributed by atoms with Crippen molar-refractivity contribution in [1.29, 1.82) is 0 Å². The van der Waals surface area contributed by atoms with Gasteiger partial charge in [-0.25, -0.2) is 0 Å². The molecule has 0 rings (SSSR count). The van der Waals surface area contributed by atoms with E-state index < -0.39 is 0 Å². The van der Waals surface area contributed by atoms with Gasteiger partial charge in [0.2, 0.25) is 0 Å². The van der Waals surface area contributed by atoms with Gasteiger partial charge in [-0.15, -0.1) is 0 Å². The first-order chi connectivity index (χ1) is 3.41. The predicted octanol–water partition coefficient (Wildman–Crippen LogP) is 1.77. The molecule has 0 fully saturated rings. The van der Waals surface area contributed by atoms with Gasteiger partial charge >= 0.3 is 0 Å². The number of rotatable bonds is 3. The van der Waals surface area contributed by atoms with Gasteiger partial charge in [0.1, 0.15) is 0 Å². The normalized spacial score (nSPS) is 10.0. The van der Waals surface area contributed by atoms with Gasteiger partial charge in [-0.3, -0.25) is 0 Å². The lowest BCUT2D eigenvalue weighted by molar-refractivity contribution is 0.943. The molecule has 0 bridgehead atoms. The second-order valence-electron chi connectivity index (χ2n) is 1.48. The molecule has 0 aliphatic rings. The first-order valence-electron chi connectivity index (χ1n) is 2.74. The Hall–Kier alpha value is -0.460. The van der Waals surface area contributed by atoms with E-state index in [0.29, 0.717) is 0 Å². The Labute approximate surface area is 46.9 Å². The Morgan fingerprint density at radius 1 is 1.71 bits per heavy atom. The highest BCUT2D eigenvalue weighted by molar-refractivity contribution is 4.76. The van der Waals surface area contributed by atoms with E-state index in [1.165, 1.54) is 12.8 Å². The molecule has 0 aliphatic carbocycles. The van der Waals surface area contributed by atoms with E-state index in [4.69, 9.17) is 0 Å². The molecule has 0 spiro atoms. The van der Waals surface area contributed by atoms with Crippen LogP contribution in [-0.2, 0) is 0 Å². The second kappa shape index (κ2) is 5.54. The molecule has 0 heterocycles. The minimum atomic E-state index is 0. The highest BCUT2D eigenvalue weighted by Gasteiger charge is 1.67. The molecule has 1 heteroatoms. The largest absolute Gasteiger partial charge is 0.394 e. The van der Waals surface area contributed by atoms with Crippen LogP contribution in [-0.4, -0.2) is 7.05 Å². The van der Waals surface area contributed by atoms with Crippen molar-refractivity contribution in [2.75, 3.05) is 7.05 Å². The average Bonchev–Trinajstić information content (AvgIpc) is 1.69. The lowest BCUT2D eigenvalue weighted by Crippen LogP contribution is -1.90. The minimum absolute atomic E-state index is 0. The van der Waals surface area contributed by atoms with Crippen molar-refractivity contribution in [3.63, 3.8) is 0 Å². The van der Waals surface area contributed by atoms with Crippen LogP contribution < -0.4 is 5.32 Å². The maximum Gasteiger partial charge on any atom is 0.00276 e. The Balaban J connectivity index is 0. The van der Waals surface area contributed by atoms with Gasteiger partial charge in [-0.05, 0) is 12.6 Å². The van der Waals surface area contributed by atoms with E-state index in [2.05, 4.69) is 18.3 Å². The fourth-order valence-corrected chi connectivity index (χ4v) is 0.368. The van der Waals surface area contributed by atoms with Crippen molar-refractivity contribution in [3.05, 3.63) is 12.3 Å². The van der Waals surface area contributed by atoms with Gasteiger partial charge in [-0.2, -0.15) is 0 Å². The molecule has 0 aromatic heterocycles. The van der Waals surface area contributed by atoms with Crippen LogP contribution in [0.1, 0.15) is 21.2 Å². The minimum Gasteiger partial charge on any atom is -0.394 e. The lowest BCUT2D eigenvalue weighted by atomic mass is 10.3. The van der Waals surface area contributed by atoms with Crippen LogP contribution in [0.3, 0.4) is 0 Å². The molecular formula is C6H15N. The second-order valence-corrected chi connectivity index (χ2v) is 1.48. The van der Waals surface area contributed by atoms with Crippen LogP contribution in [0.4, 0.5) is 0 Å². The molecule has 0 aliphatic heterocycles. The van der Waals surface area contributed by atoms with Gasteiger partial charge in [0.25, 0.3) is 0 Å². The highest BCUT2D eigenvalue weighted by atomic mass is 14.8. The SMILES string of the molecule is CCC/C=C\NC.[HH]. The monoisotopic (exact) mass is 101 g/mol. The van der Waals surface area contributed by atoms with Crippen molar-refractivity contribution in [2.45, 2.75) is 19.8 Å². The van der Waals surface area contributed by atoms with Crippen LogP contribution in [0.5, 0.6) is 0 Å². The van der Waals surface area contributed by atoms with Crippen LogP contribution in [0.2, 0.25) is 0 Å². The molecule has 0 aromatic rings.